The Balaban J connectivity index is 2.38. The van der Waals surface area contributed by atoms with Crippen molar-refractivity contribution in [3.8, 4) is 0 Å². The molecule has 4 nitrogen and oxygen atoms in total. The van der Waals surface area contributed by atoms with Gasteiger partial charge >= 0.3 is 10.2 Å². The van der Waals surface area contributed by atoms with Crippen LogP contribution in [-0.4, -0.2) is 32.4 Å². The minimum absolute atomic E-state index is 0.175. The Morgan fingerprint density at radius 1 is 1.47 bits per heavy atom. The third-order valence-electron chi connectivity index (χ3n) is 2.92. The van der Waals surface area contributed by atoms with Gasteiger partial charge in [-0.2, -0.15) is 8.42 Å². The van der Waals surface area contributed by atoms with Gasteiger partial charge in [-0.3, -0.25) is 4.79 Å². The lowest BCUT2D eigenvalue weighted by atomic mass is 10.3. The number of amides is 1. The van der Waals surface area contributed by atoms with Gasteiger partial charge in [0.2, 0.25) is 5.91 Å². The Morgan fingerprint density at radius 2 is 2.16 bits per heavy atom. The quantitative estimate of drug-likeness (QED) is 0.633. The van der Waals surface area contributed by atoms with Crippen LogP contribution < -0.4 is 4.90 Å². The number of thioether (sulfide) groups is 1. The van der Waals surface area contributed by atoms with Crippen molar-refractivity contribution in [1.82, 2.24) is 0 Å². The Bertz CT molecular complexity index is 620. The van der Waals surface area contributed by atoms with Gasteiger partial charge in [0.1, 0.15) is 5.25 Å². The number of hydrogen-bond acceptors (Lipinski definition) is 4. The normalized spacial score (nSPS) is 20.1. The van der Waals surface area contributed by atoms with Gasteiger partial charge in [0, 0.05) is 22.9 Å². The third-order valence-corrected chi connectivity index (χ3v) is 5.05. The molecule has 104 valence electrons. The highest BCUT2D eigenvalue weighted by Gasteiger charge is 2.39. The van der Waals surface area contributed by atoms with Crippen LogP contribution in [0, 0.1) is 0 Å². The van der Waals surface area contributed by atoms with Gasteiger partial charge in [0.25, 0.3) is 0 Å². The Labute approximate surface area is 120 Å². The number of anilines is 1. The number of carbonyl (C=O) groups excluding carboxylic acids is 1. The van der Waals surface area contributed by atoms with Crippen molar-refractivity contribution in [2.75, 3.05) is 17.7 Å². The first-order valence-electron chi connectivity index (χ1n) is 5.40. The standard InChI is InChI=1S/C11H11ClFNO3S2/c1-18-10-3-2-7(12)4-9(10)14-6-8(5-11(14)15)19(13,16)17/h2-4,8H,5-6H2,1H3. The second-order valence-corrected chi connectivity index (χ2v) is 7.02. The third kappa shape index (κ3) is 3.04. The highest BCUT2D eigenvalue weighted by molar-refractivity contribution is 7.98. The minimum atomic E-state index is -4.71. The van der Waals surface area contributed by atoms with Crippen LogP contribution in [-0.2, 0) is 15.0 Å². The summed E-state index contributed by atoms with van der Waals surface area (Å²) >= 11 is 7.29. The first-order valence-corrected chi connectivity index (χ1v) is 8.45. The topological polar surface area (TPSA) is 54.5 Å². The van der Waals surface area contributed by atoms with E-state index >= 15 is 0 Å². The molecule has 1 amide bonds. The van der Waals surface area contributed by atoms with Gasteiger partial charge in [-0.25, -0.2) is 0 Å². The molecule has 1 aromatic rings. The summed E-state index contributed by atoms with van der Waals surface area (Å²) in [6.07, 6.45) is 1.50. The van der Waals surface area contributed by atoms with E-state index in [1.54, 1.807) is 18.2 Å². The molecule has 1 heterocycles. The molecule has 1 atom stereocenters. The van der Waals surface area contributed by atoms with Gasteiger partial charge in [-0.1, -0.05) is 11.6 Å². The van der Waals surface area contributed by atoms with Crippen LogP contribution in [0.4, 0.5) is 9.57 Å². The molecular weight excluding hydrogens is 313 g/mol. The van der Waals surface area contributed by atoms with E-state index in [2.05, 4.69) is 0 Å². The highest BCUT2D eigenvalue weighted by Crippen LogP contribution is 2.35. The smallest absolute Gasteiger partial charge is 0.307 e. The summed E-state index contributed by atoms with van der Waals surface area (Å²) in [5.41, 5.74) is 0.524. The van der Waals surface area contributed by atoms with E-state index < -0.39 is 21.4 Å². The van der Waals surface area contributed by atoms with Crippen molar-refractivity contribution in [2.24, 2.45) is 0 Å². The summed E-state index contributed by atoms with van der Waals surface area (Å²) in [5, 5.41) is -0.860. The van der Waals surface area contributed by atoms with Gasteiger partial charge in [0.05, 0.1) is 5.69 Å². The molecule has 1 unspecified atom stereocenters. The molecule has 0 saturated carbocycles. The zero-order chi connectivity index (χ0) is 14.2. The second-order valence-electron chi connectivity index (χ2n) is 4.12. The molecule has 0 bridgehead atoms. The summed E-state index contributed by atoms with van der Waals surface area (Å²) in [7, 11) is -4.71. The molecule has 1 aromatic carbocycles. The molecule has 1 aliphatic rings. The maximum atomic E-state index is 13.0. The van der Waals surface area contributed by atoms with Gasteiger partial charge in [-0.05, 0) is 24.5 Å². The number of carbonyl (C=O) groups is 1. The number of rotatable bonds is 3. The largest absolute Gasteiger partial charge is 0.310 e. The van der Waals surface area contributed by atoms with Crippen molar-refractivity contribution in [1.29, 1.82) is 0 Å². The van der Waals surface area contributed by atoms with Crippen molar-refractivity contribution in [3.05, 3.63) is 23.2 Å². The molecule has 2 rings (SSSR count). The Kier molecular flexibility index (Phi) is 4.08. The average Bonchev–Trinajstić information content (AvgIpc) is 2.71. The lowest BCUT2D eigenvalue weighted by Gasteiger charge is -2.19. The highest BCUT2D eigenvalue weighted by atomic mass is 35.5. The number of hydrogen-bond donors (Lipinski definition) is 0. The zero-order valence-corrected chi connectivity index (χ0v) is 12.4. The van der Waals surface area contributed by atoms with E-state index in [0.717, 1.165) is 4.90 Å². The molecule has 19 heavy (non-hydrogen) atoms. The van der Waals surface area contributed by atoms with Crippen LogP contribution in [0.1, 0.15) is 6.42 Å². The average molecular weight is 324 g/mol. The summed E-state index contributed by atoms with van der Waals surface area (Å²) in [5.74, 6) is -0.413. The van der Waals surface area contributed by atoms with E-state index in [-0.39, 0.29) is 13.0 Å². The maximum Gasteiger partial charge on any atom is 0.307 e. The maximum absolute atomic E-state index is 13.0. The van der Waals surface area contributed by atoms with Crippen molar-refractivity contribution in [2.45, 2.75) is 16.6 Å². The molecule has 0 N–H and O–H groups in total. The van der Waals surface area contributed by atoms with Crippen LogP contribution in [0.15, 0.2) is 23.1 Å². The fraction of sp³-hybridized carbons (Fsp3) is 0.364. The van der Waals surface area contributed by atoms with Crippen molar-refractivity contribution >= 4 is 45.2 Å². The summed E-state index contributed by atoms with van der Waals surface area (Å²) in [4.78, 5) is 13.9. The zero-order valence-electron chi connectivity index (χ0n) is 9.97. The fourth-order valence-corrected chi connectivity index (χ4v) is 3.39. The lowest BCUT2D eigenvalue weighted by molar-refractivity contribution is -0.117. The predicted molar refractivity (Wildman–Crippen MR) is 74.0 cm³/mol. The summed E-state index contributed by atoms with van der Waals surface area (Å²) < 4.78 is 34.8. The molecule has 1 saturated heterocycles. The Morgan fingerprint density at radius 3 is 2.68 bits per heavy atom. The second kappa shape index (κ2) is 5.30. The monoisotopic (exact) mass is 323 g/mol. The van der Waals surface area contributed by atoms with Crippen LogP contribution in [0.5, 0.6) is 0 Å². The molecule has 1 fully saturated rings. The number of benzene rings is 1. The molecule has 0 spiro atoms. The summed E-state index contributed by atoms with van der Waals surface area (Å²) in [6, 6.07) is 5.01. The molecule has 8 heteroatoms. The fourth-order valence-electron chi connectivity index (χ4n) is 1.97. The molecule has 0 aliphatic carbocycles. The molecule has 0 radical (unpaired) electrons. The van der Waals surface area contributed by atoms with Gasteiger partial charge in [-0.15, -0.1) is 15.6 Å². The van der Waals surface area contributed by atoms with E-state index in [0.29, 0.717) is 10.7 Å². The van der Waals surface area contributed by atoms with Crippen LogP contribution >= 0.6 is 23.4 Å². The van der Waals surface area contributed by atoms with Gasteiger partial charge < -0.3 is 4.90 Å². The van der Waals surface area contributed by atoms with E-state index in [1.165, 1.54) is 16.7 Å². The van der Waals surface area contributed by atoms with Crippen LogP contribution in [0.3, 0.4) is 0 Å². The Hall–Kier alpha value is -0.790. The van der Waals surface area contributed by atoms with E-state index in [4.69, 9.17) is 11.6 Å². The first-order chi connectivity index (χ1) is 8.82. The number of nitrogens with zero attached hydrogens (tertiary/aromatic N) is 1. The van der Waals surface area contributed by atoms with Crippen molar-refractivity contribution < 1.29 is 17.1 Å². The predicted octanol–water partition coefficient (Wildman–Crippen LogP) is 2.47. The van der Waals surface area contributed by atoms with Gasteiger partial charge in [0.15, 0.2) is 0 Å². The molecule has 0 aromatic heterocycles. The lowest BCUT2D eigenvalue weighted by Crippen LogP contribution is -2.27. The van der Waals surface area contributed by atoms with Crippen LogP contribution in [0.25, 0.3) is 0 Å². The molecule has 1 aliphatic heterocycles. The summed E-state index contributed by atoms with van der Waals surface area (Å²) in [6.45, 7) is -0.175. The number of halogens is 2. The van der Waals surface area contributed by atoms with E-state index in [1.807, 2.05) is 6.26 Å². The van der Waals surface area contributed by atoms with E-state index in [9.17, 15) is 17.1 Å². The van der Waals surface area contributed by atoms with Crippen molar-refractivity contribution in [3.63, 3.8) is 0 Å². The van der Waals surface area contributed by atoms with Crippen LogP contribution in [0.2, 0.25) is 5.02 Å². The first kappa shape index (κ1) is 14.6. The SMILES string of the molecule is CSc1ccc(Cl)cc1N1CC(S(=O)(=O)F)CC1=O. The minimum Gasteiger partial charge on any atom is -0.310 e. The molecular formula is C11H11ClFNO3S2.